The number of carbonyl (C=O) groups excluding carboxylic acids is 1. The fourth-order valence-electron chi connectivity index (χ4n) is 2.21. The van der Waals surface area contributed by atoms with Gasteiger partial charge in [-0.25, -0.2) is 13.8 Å². The number of anilines is 1. The maximum absolute atomic E-state index is 13.6. The van der Waals surface area contributed by atoms with Gasteiger partial charge in [0, 0.05) is 12.4 Å². The first-order chi connectivity index (χ1) is 13.0. The summed E-state index contributed by atoms with van der Waals surface area (Å²) in [6.07, 6.45) is 2.80. The summed E-state index contributed by atoms with van der Waals surface area (Å²) in [6, 6.07) is 9.64. The molecular weight excluding hydrogens is 396 g/mol. The predicted octanol–water partition coefficient (Wildman–Crippen LogP) is 3.89. The minimum Gasteiger partial charge on any atom is -0.323 e. The number of nitrogens with one attached hydrogen (secondary N) is 1. The van der Waals surface area contributed by atoms with Gasteiger partial charge in [-0.05, 0) is 30.3 Å². The van der Waals surface area contributed by atoms with Crippen LogP contribution in [0.4, 0.5) is 14.5 Å². The van der Waals surface area contributed by atoms with E-state index in [1.807, 2.05) is 0 Å². The van der Waals surface area contributed by atoms with E-state index in [0.717, 1.165) is 17.8 Å². The Balaban J connectivity index is 1.74. The highest BCUT2D eigenvalue weighted by molar-refractivity contribution is 7.99. The number of amides is 1. The third-order valence-electron chi connectivity index (χ3n) is 3.48. The molecule has 3 rings (SSSR count). The Labute approximate surface area is 162 Å². The van der Waals surface area contributed by atoms with Gasteiger partial charge in [0.25, 0.3) is 5.56 Å². The lowest BCUT2D eigenvalue weighted by molar-refractivity contribution is -0.113. The molecular formula is C18H12ClF2N3O2S. The number of aromatic nitrogens is 2. The maximum atomic E-state index is 13.6. The first-order valence-corrected chi connectivity index (χ1v) is 9.02. The molecule has 1 heterocycles. The fraction of sp³-hybridized carbons (Fsp3) is 0.0556. The van der Waals surface area contributed by atoms with Gasteiger partial charge in [0.1, 0.15) is 11.6 Å². The molecule has 0 bridgehead atoms. The van der Waals surface area contributed by atoms with Gasteiger partial charge in [0.2, 0.25) is 5.91 Å². The quantitative estimate of drug-likeness (QED) is 0.652. The van der Waals surface area contributed by atoms with Gasteiger partial charge in [0.15, 0.2) is 5.03 Å². The number of hydrogen-bond acceptors (Lipinski definition) is 4. The molecule has 0 spiro atoms. The molecule has 0 aliphatic heterocycles. The van der Waals surface area contributed by atoms with E-state index < -0.39 is 23.1 Å². The molecule has 0 atom stereocenters. The lowest BCUT2D eigenvalue weighted by Gasteiger charge is -2.08. The zero-order chi connectivity index (χ0) is 19.4. The van der Waals surface area contributed by atoms with Gasteiger partial charge in [-0.15, -0.1) is 0 Å². The van der Waals surface area contributed by atoms with Crippen LogP contribution >= 0.6 is 23.4 Å². The normalized spacial score (nSPS) is 10.6. The first-order valence-electron chi connectivity index (χ1n) is 7.66. The Bertz CT molecular complexity index is 1060. The Hall–Kier alpha value is -2.71. The number of para-hydroxylation sites is 1. The van der Waals surface area contributed by atoms with Crippen LogP contribution in [-0.2, 0) is 4.79 Å². The van der Waals surface area contributed by atoms with Gasteiger partial charge in [-0.2, -0.15) is 0 Å². The van der Waals surface area contributed by atoms with Crippen LogP contribution in [0.15, 0.2) is 64.7 Å². The van der Waals surface area contributed by atoms with Crippen molar-refractivity contribution in [2.24, 2.45) is 0 Å². The van der Waals surface area contributed by atoms with E-state index in [1.165, 1.54) is 47.3 Å². The van der Waals surface area contributed by atoms with E-state index >= 15 is 0 Å². The van der Waals surface area contributed by atoms with Crippen molar-refractivity contribution in [3.8, 4) is 5.69 Å². The van der Waals surface area contributed by atoms with Crippen molar-refractivity contribution in [1.82, 2.24) is 9.55 Å². The van der Waals surface area contributed by atoms with Crippen molar-refractivity contribution in [3.63, 3.8) is 0 Å². The van der Waals surface area contributed by atoms with Crippen LogP contribution in [0.3, 0.4) is 0 Å². The van der Waals surface area contributed by atoms with Crippen LogP contribution in [-0.4, -0.2) is 21.2 Å². The highest BCUT2D eigenvalue weighted by Gasteiger charge is 2.12. The molecule has 0 unspecified atom stereocenters. The summed E-state index contributed by atoms with van der Waals surface area (Å²) in [5.41, 5.74) is -0.0576. The number of nitrogens with zero attached hydrogens (tertiary/aromatic N) is 2. The number of thioether (sulfide) groups is 1. The van der Waals surface area contributed by atoms with Crippen molar-refractivity contribution >= 4 is 35.0 Å². The Kier molecular flexibility index (Phi) is 5.88. The molecule has 138 valence electrons. The maximum Gasteiger partial charge on any atom is 0.287 e. The molecule has 27 heavy (non-hydrogen) atoms. The standard InChI is InChI=1S/C18H12ClF2N3O2S/c19-12-9-11(5-6-13(12)20)24-8-7-22-17(18(24)26)27-10-16(25)23-15-4-2-1-3-14(15)21/h1-9H,10H2,(H,23,25). The molecule has 9 heteroatoms. The van der Waals surface area contributed by atoms with Crippen molar-refractivity contribution < 1.29 is 13.6 Å². The number of benzene rings is 2. The van der Waals surface area contributed by atoms with E-state index in [4.69, 9.17) is 11.6 Å². The molecule has 1 aromatic heterocycles. The minimum atomic E-state index is -0.595. The molecule has 0 radical (unpaired) electrons. The van der Waals surface area contributed by atoms with E-state index in [9.17, 15) is 18.4 Å². The van der Waals surface area contributed by atoms with Crippen LogP contribution in [0.1, 0.15) is 0 Å². The Morgan fingerprint density at radius 1 is 1.19 bits per heavy atom. The molecule has 2 aromatic carbocycles. The highest BCUT2D eigenvalue weighted by atomic mass is 35.5. The third kappa shape index (κ3) is 4.53. The summed E-state index contributed by atoms with van der Waals surface area (Å²) in [5, 5.41) is 2.38. The second kappa shape index (κ2) is 8.32. The van der Waals surface area contributed by atoms with E-state index in [2.05, 4.69) is 10.3 Å². The van der Waals surface area contributed by atoms with Crippen LogP contribution in [0.2, 0.25) is 5.02 Å². The number of halogens is 3. The van der Waals surface area contributed by atoms with Crippen LogP contribution in [0, 0.1) is 11.6 Å². The topological polar surface area (TPSA) is 64.0 Å². The molecule has 1 N–H and O–H groups in total. The average Bonchev–Trinajstić information content (AvgIpc) is 2.65. The lowest BCUT2D eigenvalue weighted by atomic mass is 10.3. The predicted molar refractivity (Wildman–Crippen MR) is 101 cm³/mol. The van der Waals surface area contributed by atoms with E-state index in [0.29, 0.717) is 5.69 Å². The second-order valence-corrected chi connectivity index (χ2v) is 6.69. The Morgan fingerprint density at radius 3 is 2.70 bits per heavy atom. The highest BCUT2D eigenvalue weighted by Crippen LogP contribution is 2.19. The number of carbonyl (C=O) groups is 1. The third-order valence-corrected chi connectivity index (χ3v) is 4.73. The molecule has 5 nitrogen and oxygen atoms in total. The zero-order valence-electron chi connectivity index (χ0n) is 13.7. The van der Waals surface area contributed by atoms with Gasteiger partial charge in [-0.1, -0.05) is 35.5 Å². The van der Waals surface area contributed by atoms with Crippen LogP contribution in [0.25, 0.3) is 5.69 Å². The first kappa shape index (κ1) is 19.1. The summed E-state index contributed by atoms with van der Waals surface area (Å²) in [7, 11) is 0. The molecule has 0 saturated carbocycles. The van der Waals surface area contributed by atoms with Gasteiger partial charge < -0.3 is 5.32 Å². The number of rotatable bonds is 5. The summed E-state index contributed by atoms with van der Waals surface area (Å²) >= 11 is 6.66. The minimum absolute atomic E-state index is 0.0579. The van der Waals surface area contributed by atoms with Gasteiger partial charge in [0.05, 0.1) is 22.2 Å². The molecule has 3 aromatic rings. The fourth-order valence-corrected chi connectivity index (χ4v) is 3.09. The summed E-state index contributed by atoms with van der Waals surface area (Å²) in [5.74, 6) is -1.76. The average molecular weight is 408 g/mol. The summed E-state index contributed by atoms with van der Waals surface area (Å²) in [4.78, 5) is 28.5. The second-order valence-electron chi connectivity index (χ2n) is 5.32. The molecule has 1 amide bonds. The van der Waals surface area contributed by atoms with Crippen LogP contribution < -0.4 is 10.9 Å². The van der Waals surface area contributed by atoms with Crippen molar-refractivity contribution in [2.75, 3.05) is 11.1 Å². The largest absolute Gasteiger partial charge is 0.323 e. The summed E-state index contributed by atoms with van der Waals surface area (Å²) in [6.45, 7) is 0. The smallest absolute Gasteiger partial charge is 0.287 e. The zero-order valence-corrected chi connectivity index (χ0v) is 15.2. The van der Waals surface area contributed by atoms with E-state index in [1.54, 1.807) is 6.07 Å². The van der Waals surface area contributed by atoms with Crippen molar-refractivity contribution in [1.29, 1.82) is 0 Å². The van der Waals surface area contributed by atoms with Gasteiger partial charge in [-0.3, -0.25) is 14.2 Å². The van der Waals surface area contributed by atoms with Crippen molar-refractivity contribution in [3.05, 3.63) is 81.9 Å². The van der Waals surface area contributed by atoms with Gasteiger partial charge >= 0.3 is 0 Å². The van der Waals surface area contributed by atoms with Crippen molar-refractivity contribution in [2.45, 2.75) is 5.03 Å². The number of hydrogen-bond donors (Lipinski definition) is 1. The molecule has 0 aliphatic rings. The monoisotopic (exact) mass is 407 g/mol. The summed E-state index contributed by atoms with van der Waals surface area (Å²) < 4.78 is 28.1. The van der Waals surface area contributed by atoms with E-state index in [-0.39, 0.29) is 21.5 Å². The lowest BCUT2D eigenvalue weighted by Crippen LogP contribution is -2.22. The molecule has 0 aliphatic carbocycles. The van der Waals surface area contributed by atoms with Crippen LogP contribution in [0.5, 0.6) is 0 Å². The molecule has 0 saturated heterocycles. The SMILES string of the molecule is O=C(CSc1nccn(-c2ccc(F)c(Cl)c2)c1=O)Nc1ccccc1F. The Morgan fingerprint density at radius 2 is 1.96 bits per heavy atom. The molecule has 0 fully saturated rings.